The van der Waals surface area contributed by atoms with Gasteiger partial charge in [0.15, 0.2) is 0 Å². The maximum atomic E-state index is 12.2. The van der Waals surface area contributed by atoms with E-state index in [1.807, 2.05) is 37.6 Å². The van der Waals surface area contributed by atoms with Crippen molar-refractivity contribution in [2.45, 2.75) is 31.8 Å². The third-order valence-electron chi connectivity index (χ3n) is 3.74. The average Bonchev–Trinajstić information content (AvgIpc) is 3.13. The van der Waals surface area contributed by atoms with Gasteiger partial charge in [-0.25, -0.2) is 9.78 Å². The fraction of sp³-hybridized carbons (Fsp3) is 0.375. The maximum Gasteiger partial charge on any atom is 0.317 e. The second-order valence-corrected chi connectivity index (χ2v) is 6.59. The number of hydrogen-bond donors (Lipinski definition) is 1. The van der Waals surface area contributed by atoms with Gasteiger partial charge in [-0.05, 0) is 18.9 Å². The van der Waals surface area contributed by atoms with Crippen LogP contribution >= 0.6 is 11.3 Å². The molecule has 2 unspecified atom stereocenters. The highest BCUT2D eigenvalue weighted by molar-refractivity contribution is 7.09. The highest BCUT2D eigenvalue weighted by Crippen LogP contribution is 2.40. The lowest BCUT2D eigenvalue weighted by Crippen LogP contribution is -2.38. The summed E-state index contributed by atoms with van der Waals surface area (Å²) in [4.78, 5) is 18.2. The summed E-state index contributed by atoms with van der Waals surface area (Å²) in [6.07, 6.45) is 1.03. The Morgan fingerprint density at radius 3 is 2.86 bits per heavy atom. The summed E-state index contributed by atoms with van der Waals surface area (Å²) in [6, 6.07) is 10.6. The van der Waals surface area contributed by atoms with Gasteiger partial charge in [-0.15, -0.1) is 11.3 Å². The van der Waals surface area contributed by atoms with Crippen molar-refractivity contribution in [1.29, 1.82) is 0 Å². The molecule has 1 aliphatic carbocycles. The van der Waals surface area contributed by atoms with Crippen LogP contribution < -0.4 is 5.32 Å². The Kier molecular flexibility index (Phi) is 3.92. The monoisotopic (exact) mass is 301 g/mol. The Morgan fingerprint density at radius 2 is 2.19 bits per heavy atom. The second-order valence-electron chi connectivity index (χ2n) is 5.52. The zero-order chi connectivity index (χ0) is 14.8. The number of carbonyl (C=O) groups excluding carboxylic acids is 1. The number of thiazole rings is 1. The summed E-state index contributed by atoms with van der Waals surface area (Å²) in [7, 11) is 1.81. The number of rotatable bonds is 4. The van der Waals surface area contributed by atoms with Crippen LogP contribution in [0.15, 0.2) is 35.7 Å². The summed E-state index contributed by atoms with van der Waals surface area (Å²) in [5.74, 6) is 0.463. The lowest BCUT2D eigenvalue weighted by molar-refractivity contribution is 0.205. The van der Waals surface area contributed by atoms with E-state index in [-0.39, 0.29) is 12.1 Å². The van der Waals surface area contributed by atoms with Crippen LogP contribution in [0.5, 0.6) is 0 Å². The number of aryl methyl sites for hydroxylation is 1. The number of nitrogens with one attached hydrogen (secondary N) is 1. The van der Waals surface area contributed by atoms with E-state index in [1.165, 1.54) is 5.56 Å². The highest BCUT2D eigenvalue weighted by Gasteiger charge is 2.39. The summed E-state index contributed by atoms with van der Waals surface area (Å²) in [5, 5.41) is 6.13. The summed E-state index contributed by atoms with van der Waals surface area (Å²) in [5.41, 5.74) is 2.26. The molecule has 3 rings (SSSR count). The third kappa shape index (κ3) is 3.42. The number of nitrogens with zero attached hydrogens (tertiary/aromatic N) is 2. The molecule has 1 N–H and O–H groups in total. The zero-order valence-electron chi connectivity index (χ0n) is 12.2. The van der Waals surface area contributed by atoms with Gasteiger partial charge in [0.1, 0.15) is 0 Å². The Labute approximate surface area is 128 Å². The molecular formula is C16H19N3OS. The Morgan fingerprint density at radius 1 is 1.43 bits per heavy atom. The van der Waals surface area contributed by atoms with Crippen LogP contribution in [0.1, 0.15) is 28.6 Å². The molecule has 0 aliphatic heterocycles. The molecule has 1 fully saturated rings. The molecule has 1 aliphatic rings. The van der Waals surface area contributed by atoms with E-state index in [2.05, 4.69) is 22.4 Å². The molecule has 21 heavy (non-hydrogen) atoms. The minimum atomic E-state index is -0.0240. The van der Waals surface area contributed by atoms with Crippen molar-refractivity contribution >= 4 is 17.4 Å². The Balaban J connectivity index is 1.51. The smallest absolute Gasteiger partial charge is 0.317 e. The zero-order valence-corrected chi connectivity index (χ0v) is 13.1. The van der Waals surface area contributed by atoms with Crippen molar-refractivity contribution in [2.24, 2.45) is 0 Å². The molecule has 0 spiro atoms. The van der Waals surface area contributed by atoms with E-state index in [0.29, 0.717) is 12.5 Å². The second kappa shape index (κ2) is 5.85. The van der Waals surface area contributed by atoms with Crippen LogP contribution in [-0.4, -0.2) is 29.0 Å². The molecule has 1 aromatic heterocycles. The first kappa shape index (κ1) is 14.1. The minimum absolute atomic E-state index is 0.0240. The number of carbonyl (C=O) groups is 1. The highest BCUT2D eigenvalue weighted by atomic mass is 32.1. The first-order valence-corrected chi connectivity index (χ1v) is 7.99. The molecule has 110 valence electrons. The molecule has 1 heterocycles. The summed E-state index contributed by atoms with van der Waals surface area (Å²) < 4.78 is 0. The SMILES string of the molecule is Cc1nc(CN(C)C(=O)NC2CC2c2ccccc2)cs1. The van der Waals surface area contributed by atoms with Gasteiger partial charge < -0.3 is 10.2 Å². The number of urea groups is 1. The van der Waals surface area contributed by atoms with E-state index in [4.69, 9.17) is 0 Å². The maximum absolute atomic E-state index is 12.2. The van der Waals surface area contributed by atoms with Gasteiger partial charge >= 0.3 is 6.03 Å². The Hall–Kier alpha value is -1.88. The Bertz CT molecular complexity index is 625. The number of aromatic nitrogens is 1. The van der Waals surface area contributed by atoms with Gasteiger partial charge in [-0.1, -0.05) is 30.3 Å². The minimum Gasteiger partial charge on any atom is -0.335 e. The van der Waals surface area contributed by atoms with Crippen LogP contribution in [0.2, 0.25) is 0 Å². The van der Waals surface area contributed by atoms with Crippen molar-refractivity contribution in [3.63, 3.8) is 0 Å². The van der Waals surface area contributed by atoms with Crippen LogP contribution in [-0.2, 0) is 6.54 Å². The predicted octanol–water partition coefficient (Wildman–Crippen LogP) is 3.15. The van der Waals surface area contributed by atoms with Gasteiger partial charge in [-0.3, -0.25) is 0 Å². The van der Waals surface area contributed by atoms with E-state index in [0.717, 1.165) is 17.1 Å². The fourth-order valence-corrected chi connectivity index (χ4v) is 3.09. The molecule has 4 nitrogen and oxygen atoms in total. The first-order chi connectivity index (χ1) is 10.1. The summed E-state index contributed by atoms with van der Waals surface area (Å²) >= 11 is 1.61. The van der Waals surface area contributed by atoms with Crippen LogP contribution in [0.25, 0.3) is 0 Å². The van der Waals surface area contributed by atoms with Crippen molar-refractivity contribution in [3.05, 3.63) is 52.0 Å². The van der Waals surface area contributed by atoms with E-state index in [9.17, 15) is 4.79 Å². The predicted molar refractivity (Wildman–Crippen MR) is 84.4 cm³/mol. The van der Waals surface area contributed by atoms with Crippen molar-refractivity contribution < 1.29 is 4.79 Å². The average molecular weight is 301 g/mol. The number of amides is 2. The quantitative estimate of drug-likeness (QED) is 0.943. The van der Waals surface area contributed by atoms with Crippen LogP contribution in [0.3, 0.4) is 0 Å². The molecule has 0 saturated heterocycles. The number of benzene rings is 1. The number of hydrogen-bond acceptors (Lipinski definition) is 3. The van der Waals surface area contributed by atoms with E-state index < -0.39 is 0 Å². The molecule has 0 bridgehead atoms. The van der Waals surface area contributed by atoms with E-state index >= 15 is 0 Å². The van der Waals surface area contributed by atoms with Crippen LogP contribution in [0.4, 0.5) is 4.79 Å². The van der Waals surface area contributed by atoms with Gasteiger partial charge in [0.2, 0.25) is 0 Å². The molecular weight excluding hydrogens is 282 g/mol. The third-order valence-corrected chi connectivity index (χ3v) is 4.56. The van der Waals surface area contributed by atoms with Gasteiger partial charge in [0.05, 0.1) is 17.2 Å². The standard InChI is InChI=1S/C16H19N3OS/c1-11-17-13(10-21-11)9-19(2)16(20)18-15-8-14(15)12-6-4-3-5-7-12/h3-7,10,14-15H,8-9H2,1-2H3,(H,18,20). The molecule has 0 radical (unpaired) electrons. The van der Waals surface area contributed by atoms with Gasteiger partial charge in [0, 0.05) is 24.4 Å². The molecule has 2 amide bonds. The summed E-state index contributed by atoms with van der Waals surface area (Å²) in [6.45, 7) is 2.53. The van der Waals surface area contributed by atoms with Crippen LogP contribution in [0, 0.1) is 6.92 Å². The first-order valence-electron chi connectivity index (χ1n) is 7.11. The molecule has 1 aromatic carbocycles. The van der Waals surface area contributed by atoms with Gasteiger partial charge in [-0.2, -0.15) is 0 Å². The molecule has 2 aromatic rings. The molecule has 5 heteroatoms. The molecule has 1 saturated carbocycles. The fourth-order valence-electron chi connectivity index (χ4n) is 2.49. The van der Waals surface area contributed by atoms with E-state index in [1.54, 1.807) is 16.2 Å². The molecule has 2 atom stereocenters. The van der Waals surface area contributed by atoms with Gasteiger partial charge in [0.25, 0.3) is 0 Å². The van der Waals surface area contributed by atoms with Crippen molar-refractivity contribution in [1.82, 2.24) is 15.2 Å². The normalized spacial score (nSPS) is 20.1. The van der Waals surface area contributed by atoms with Crippen molar-refractivity contribution in [3.8, 4) is 0 Å². The lowest BCUT2D eigenvalue weighted by Gasteiger charge is -2.17. The largest absolute Gasteiger partial charge is 0.335 e. The topological polar surface area (TPSA) is 45.2 Å². The lowest BCUT2D eigenvalue weighted by atomic mass is 10.1. The van der Waals surface area contributed by atoms with Crippen molar-refractivity contribution in [2.75, 3.05) is 7.05 Å².